The van der Waals surface area contributed by atoms with Gasteiger partial charge in [-0.3, -0.25) is 14.5 Å². The number of fused-ring (bicyclic) bond motifs is 1. The summed E-state index contributed by atoms with van der Waals surface area (Å²) >= 11 is 0. The zero-order valence-electron chi connectivity index (χ0n) is 16.8. The first-order chi connectivity index (χ1) is 13.5. The lowest BCUT2D eigenvalue weighted by molar-refractivity contribution is -0.135. The number of hydrogen-bond acceptors (Lipinski definition) is 5. The highest BCUT2D eigenvalue weighted by molar-refractivity contribution is 5.78. The predicted molar refractivity (Wildman–Crippen MR) is 108 cm³/mol. The molecule has 0 saturated carbocycles. The van der Waals surface area contributed by atoms with E-state index in [0.29, 0.717) is 29.3 Å². The molecule has 1 aromatic carbocycles. The highest BCUT2D eigenvalue weighted by Crippen LogP contribution is 2.23. The Morgan fingerprint density at radius 2 is 1.79 bits per heavy atom. The lowest BCUT2D eigenvalue weighted by atomic mass is 9.92. The third-order valence-electron chi connectivity index (χ3n) is 6.07. The molecule has 2 saturated heterocycles. The number of piperidine rings is 2. The van der Waals surface area contributed by atoms with Crippen LogP contribution < -0.4 is 5.56 Å². The van der Waals surface area contributed by atoms with Crippen molar-refractivity contribution in [2.45, 2.75) is 39.2 Å². The van der Waals surface area contributed by atoms with Crippen molar-refractivity contribution in [3.05, 3.63) is 34.6 Å². The molecule has 3 heterocycles. The van der Waals surface area contributed by atoms with Crippen LogP contribution in [0.15, 0.2) is 29.1 Å². The molecule has 0 aliphatic carbocycles. The molecule has 0 radical (unpaired) electrons. The summed E-state index contributed by atoms with van der Waals surface area (Å²) in [4.78, 5) is 29.7. The van der Waals surface area contributed by atoms with Gasteiger partial charge in [0.25, 0.3) is 5.56 Å². The van der Waals surface area contributed by atoms with E-state index in [-0.39, 0.29) is 17.5 Å². The Hall–Kier alpha value is -2.28. The number of likely N-dealkylation sites (tertiary alicyclic amines) is 2. The van der Waals surface area contributed by atoms with Crippen LogP contribution in [-0.2, 0) is 4.79 Å². The zero-order chi connectivity index (χ0) is 19.7. The Labute approximate surface area is 165 Å². The largest absolute Gasteiger partial charge is 0.341 e. The fraction of sp³-hybridized carbons (Fsp3) is 0.619. The average Bonchev–Trinajstić information content (AvgIpc) is 2.68. The molecule has 4 rings (SSSR count). The van der Waals surface area contributed by atoms with E-state index in [4.69, 9.17) is 0 Å². The van der Waals surface area contributed by atoms with Crippen LogP contribution in [0.4, 0.5) is 0 Å². The first-order valence-corrected chi connectivity index (χ1v) is 10.4. The van der Waals surface area contributed by atoms with Gasteiger partial charge in [-0.2, -0.15) is 0 Å². The summed E-state index contributed by atoms with van der Waals surface area (Å²) in [5, 5.41) is 8.98. The summed E-state index contributed by atoms with van der Waals surface area (Å²) in [7, 11) is 0. The van der Waals surface area contributed by atoms with Gasteiger partial charge in [0.05, 0.1) is 18.0 Å². The summed E-state index contributed by atoms with van der Waals surface area (Å²) in [6.07, 6.45) is 2.83. The molecule has 1 amide bonds. The lowest BCUT2D eigenvalue weighted by Gasteiger charge is -2.37. The highest BCUT2D eigenvalue weighted by atomic mass is 16.2. The molecule has 1 aromatic heterocycles. The molecule has 150 valence electrons. The predicted octanol–water partition coefficient (Wildman–Crippen LogP) is 1.93. The number of amides is 1. The van der Waals surface area contributed by atoms with E-state index in [0.717, 1.165) is 39.0 Å². The van der Waals surface area contributed by atoms with Gasteiger partial charge in [0.1, 0.15) is 5.52 Å². The molecule has 7 heteroatoms. The maximum absolute atomic E-state index is 12.7. The summed E-state index contributed by atoms with van der Waals surface area (Å²) in [5.41, 5.74) is 0.563. The van der Waals surface area contributed by atoms with Crippen molar-refractivity contribution in [2.75, 3.05) is 32.7 Å². The van der Waals surface area contributed by atoms with Crippen molar-refractivity contribution in [3.63, 3.8) is 0 Å². The van der Waals surface area contributed by atoms with Crippen molar-refractivity contribution < 1.29 is 4.79 Å². The third-order valence-corrected chi connectivity index (χ3v) is 6.07. The van der Waals surface area contributed by atoms with Crippen molar-refractivity contribution in [2.24, 2.45) is 11.8 Å². The summed E-state index contributed by atoms with van der Waals surface area (Å²) in [6.45, 7) is 8.29. The van der Waals surface area contributed by atoms with Crippen LogP contribution in [0.5, 0.6) is 0 Å². The van der Waals surface area contributed by atoms with E-state index in [1.54, 1.807) is 6.07 Å². The molecule has 0 spiro atoms. The van der Waals surface area contributed by atoms with E-state index < -0.39 is 0 Å². The van der Waals surface area contributed by atoms with Gasteiger partial charge in [-0.15, -0.1) is 5.10 Å². The Bertz CT molecular complexity index is 893. The Kier molecular flexibility index (Phi) is 5.44. The molecule has 0 unspecified atom stereocenters. The number of rotatable bonds is 3. The molecular formula is C21H29N5O2. The normalized spacial score (nSPS) is 24.6. The van der Waals surface area contributed by atoms with Crippen LogP contribution in [-0.4, -0.2) is 63.4 Å². The SMILES string of the molecule is C[C@@H]1C[C@@H](C)CN(C(=O)CN2CCC(n3nnc4ccccc4c3=O)CC2)C1. The number of hydrogen-bond donors (Lipinski definition) is 0. The summed E-state index contributed by atoms with van der Waals surface area (Å²) in [5.74, 6) is 1.40. The van der Waals surface area contributed by atoms with E-state index in [1.165, 1.54) is 11.1 Å². The van der Waals surface area contributed by atoms with Crippen LogP contribution in [0.2, 0.25) is 0 Å². The number of nitrogens with zero attached hydrogens (tertiary/aromatic N) is 5. The molecule has 2 aliphatic rings. The van der Waals surface area contributed by atoms with Crippen LogP contribution in [0.1, 0.15) is 39.2 Å². The smallest absolute Gasteiger partial charge is 0.277 e. The lowest BCUT2D eigenvalue weighted by Crippen LogP contribution is -2.48. The monoisotopic (exact) mass is 383 g/mol. The second-order valence-electron chi connectivity index (χ2n) is 8.61. The van der Waals surface area contributed by atoms with Crippen molar-refractivity contribution in [1.82, 2.24) is 24.8 Å². The van der Waals surface area contributed by atoms with Crippen LogP contribution >= 0.6 is 0 Å². The van der Waals surface area contributed by atoms with Gasteiger partial charge in [0.2, 0.25) is 5.91 Å². The van der Waals surface area contributed by atoms with Crippen LogP contribution in [0.3, 0.4) is 0 Å². The second-order valence-corrected chi connectivity index (χ2v) is 8.61. The number of carbonyl (C=O) groups excluding carboxylic acids is 1. The maximum Gasteiger partial charge on any atom is 0.277 e. The van der Waals surface area contributed by atoms with Crippen molar-refractivity contribution in [1.29, 1.82) is 0 Å². The van der Waals surface area contributed by atoms with Gasteiger partial charge in [-0.05, 0) is 43.2 Å². The van der Waals surface area contributed by atoms with E-state index in [1.807, 2.05) is 23.1 Å². The van der Waals surface area contributed by atoms with E-state index in [2.05, 4.69) is 29.1 Å². The minimum Gasteiger partial charge on any atom is -0.341 e. The average molecular weight is 383 g/mol. The minimum absolute atomic E-state index is 0.0472. The molecule has 7 nitrogen and oxygen atoms in total. The second kappa shape index (κ2) is 7.99. The zero-order valence-corrected chi connectivity index (χ0v) is 16.8. The molecule has 0 N–H and O–H groups in total. The standard InChI is InChI=1S/C21H29N5O2/c1-15-11-16(2)13-25(12-15)20(27)14-24-9-7-17(8-10-24)26-21(28)18-5-3-4-6-19(18)22-23-26/h3-6,15-17H,7-14H2,1-2H3/t15-,16-/m1/s1. The van der Waals surface area contributed by atoms with E-state index >= 15 is 0 Å². The molecule has 2 fully saturated rings. The molecule has 2 atom stereocenters. The summed E-state index contributed by atoms with van der Waals surface area (Å²) in [6, 6.07) is 7.37. The fourth-order valence-corrected chi connectivity index (χ4v) is 4.72. The molecule has 28 heavy (non-hydrogen) atoms. The first kappa shape index (κ1) is 19.1. The first-order valence-electron chi connectivity index (χ1n) is 10.4. The number of benzene rings is 1. The maximum atomic E-state index is 12.7. The van der Waals surface area contributed by atoms with E-state index in [9.17, 15) is 9.59 Å². The minimum atomic E-state index is -0.0728. The van der Waals surface area contributed by atoms with Crippen LogP contribution in [0.25, 0.3) is 10.9 Å². The van der Waals surface area contributed by atoms with Gasteiger partial charge in [0.15, 0.2) is 0 Å². The molecular weight excluding hydrogens is 354 g/mol. The molecule has 2 aliphatic heterocycles. The van der Waals surface area contributed by atoms with Gasteiger partial charge in [0, 0.05) is 26.2 Å². The van der Waals surface area contributed by atoms with Crippen molar-refractivity contribution in [3.8, 4) is 0 Å². The number of carbonyl (C=O) groups is 1. The highest BCUT2D eigenvalue weighted by Gasteiger charge is 2.28. The third kappa shape index (κ3) is 3.94. The van der Waals surface area contributed by atoms with Crippen molar-refractivity contribution >= 4 is 16.8 Å². The van der Waals surface area contributed by atoms with Gasteiger partial charge < -0.3 is 4.90 Å². The Morgan fingerprint density at radius 1 is 1.11 bits per heavy atom. The van der Waals surface area contributed by atoms with Crippen LogP contribution in [0, 0.1) is 11.8 Å². The number of aromatic nitrogens is 3. The fourth-order valence-electron chi connectivity index (χ4n) is 4.72. The Balaban J connectivity index is 1.37. The molecule has 2 aromatic rings. The van der Waals surface area contributed by atoms with Gasteiger partial charge in [-0.1, -0.05) is 31.2 Å². The summed E-state index contributed by atoms with van der Waals surface area (Å²) < 4.78 is 1.54. The van der Waals surface area contributed by atoms with Gasteiger partial charge >= 0.3 is 0 Å². The topological polar surface area (TPSA) is 71.3 Å². The Morgan fingerprint density at radius 3 is 2.50 bits per heavy atom. The van der Waals surface area contributed by atoms with Gasteiger partial charge in [-0.25, -0.2) is 4.68 Å². The quantitative estimate of drug-likeness (QED) is 0.810. The molecule has 0 bridgehead atoms.